The van der Waals surface area contributed by atoms with E-state index in [1.54, 1.807) is 0 Å². The number of nitrogens with zero attached hydrogens (tertiary/aromatic N) is 1. The van der Waals surface area contributed by atoms with Crippen LogP contribution in [0.25, 0.3) is 0 Å². The summed E-state index contributed by atoms with van der Waals surface area (Å²) in [6.07, 6.45) is -1.49. The summed E-state index contributed by atoms with van der Waals surface area (Å²) in [6.45, 7) is 2.04. The van der Waals surface area contributed by atoms with Gasteiger partial charge in [-0.1, -0.05) is 78.9 Å². The van der Waals surface area contributed by atoms with Crippen molar-refractivity contribution in [3.8, 4) is 5.75 Å². The quantitative estimate of drug-likeness (QED) is 0.432. The molecule has 2 atom stereocenters. The van der Waals surface area contributed by atoms with Gasteiger partial charge < -0.3 is 20.3 Å². The molecule has 3 N–H and O–H groups in total. The molecule has 6 nitrogen and oxygen atoms in total. The fraction of sp³-hybridized carbons (Fsp3) is 0.269. The van der Waals surface area contributed by atoms with Crippen LogP contribution in [0, 0.1) is 0 Å². The topological polar surface area (TPSA) is 85.0 Å². The minimum absolute atomic E-state index is 0.185. The zero-order chi connectivity index (χ0) is 22.6. The maximum absolute atomic E-state index is 11.9. The molecule has 3 aromatic rings. The normalized spacial score (nSPS) is 12.9. The number of benzene rings is 3. The second kappa shape index (κ2) is 12.6. The van der Waals surface area contributed by atoms with Gasteiger partial charge >= 0.3 is 0 Å². The van der Waals surface area contributed by atoms with E-state index in [2.05, 4.69) is 4.90 Å². The van der Waals surface area contributed by atoms with Crippen molar-refractivity contribution in [2.75, 3.05) is 26.3 Å². The number of hydrogen-bond acceptors (Lipinski definition) is 5. The number of para-hydroxylation sites is 1. The molecule has 0 saturated heterocycles. The Kier molecular flexibility index (Phi) is 9.25. The molecule has 0 aromatic heterocycles. The molecule has 0 spiro atoms. The van der Waals surface area contributed by atoms with Crippen molar-refractivity contribution < 1.29 is 19.4 Å². The van der Waals surface area contributed by atoms with Crippen molar-refractivity contribution in [1.82, 2.24) is 4.90 Å². The number of nitrogens with two attached hydrogens (primary N) is 1. The molecule has 0 radical (unpaired) electrons. The maximum Gasteiger partial charge on any atom is 0.251 e. The molecule has 2 unspecified atom stereocenters. The van der Waals surface area contributed by atoms with Gasteiger partial charge in [-0.25, -0.2) is 0 Å². The summed E-state index contributed by atoms with van der Waals surface area (Å²) < 4.78 is 11.5. The Balaban J connectivity index is 1.57. The summed E-state index contributed by atoms with van der Waals surface area (Å²) in [5.41, 5.74) is 7.40. The molecule has 32 heavy (non-hydrogen) atoms. The van der Waals surface area contributed by atoms with Gasteiger partial charge in [-0.3, -0.25) is 9.69 Å². The SMILES string of the molecule is NC(=O)C(OCCN(Cc1ccccc1)CC(O)COc1ccccc1)c1ccccc1. The Morgan fingerprint density at radius 3 is 2.12 bits per heavy atom. The largest absolute Gasteiger partial charge is 0.491 e. The minimum Gasteiger partial charge on any atom is -0.491 e. The standard InChI is InChI=1S/C26H30N2O4/c27-26(30)25(22-12-6-2-7-13-22)31-17-16-28(18-21-10-4-1-5-11-21)19-23(29)20-32-24-14-8-3-9-15-24/h1-15,23,25,29H,16-20H2,(H2,27,30). The van der Waals surface area contributed by atoms with Gasteiger partial charge in [0.05, 0.1) is 6.61 Å². The van der Waals surface area contributed by atoms with Crippen LogP contribution in [0.3, 0.4) is 0 Å². The van der Waals surface area contributed by atoms with Gasteiger partial charge in [0.25, 0.3) is 5.91 Å². The number of carbonyl (C=O) groups excluding carboxylic acids is 1. The zero-order valence-corrected chi connectivity index (χ0v) is 18.0. The van der Waals surface area contributed by atoms with E-state index in [1.165, 1.54) is 0 Å². The van der Waals surface area contributed by atoms with Gasteiger partial charge in [0.1, 0.15) is 18.5 Å². The van der Waals surface area contributed by atoms with E-state index in [4.69, 9.17) is 15.2 Å². The average Bonchev–Trinajstić information content (AvgIpc) is 2.82. The molecule has 0 bridgehead atoms. The van der Waals surface area contributed by atoms with Crippen LogP contribution in [0.15, 0.2) is 91.0 Å². The van der Waals surface area contributed by atoms with Crippen molar-refractivity contribution in [3.63, 3.8) is 0 Å². The Labute approximate surface area is 189 Å². The van der Waals surface area contributed by atoms with Gasteiger partial charge in [-0.2, -0.15) is 0 Å². The van der Waals surface area contributed by atoms with Crippen LogP contribution in [0.4, 0.5) is 0 Å². The lowest BCUT2D eigenvalue weighted by atomic mass is 10.1. The number of primary amides is 1. The van der Waals surface area contributed by atoms with Gasteiger partial charge in [0, 0.05) is 19.6 Å². The Hall–Kier alpha value is -3.19. The molecule has 0 heterocycles. The van der Waals surface area contributed by atoms with Gasteiger partial charge in [-0.05, 0) is 23.3 Å². The number of amides is 1. The van der Waals surface area contributed by atoms with E-state index in [0.29, 0.717) is 26.2 Å². The second-order valence-corrected chi connectivity index (χ2v) is 7.56. The number of rotatable bonds is 13. The number of ether oxygens (including phenoxy) is 2. The first kappa shape index (κ1) is 23.5. The first-order valence-corrected chi connectivity index (χ1v) is 10.7. The Morgan fingerprint density at radius 2 is 1.50 bits per heavy atom. The van der Waals surface area contributed by atoms with E-state index in [9.17, 15) is 9.90 Å². The van der Waals surface area contributed by atoms with Crippen molar-refractivity contribution in [1.29, 1.82) is 0 Å². The van der Waals surface area contributed by atoms with Crippen LogP contribution >= 0.6 is 0 Å². The smallest absolute Gasteiger partial charge is 0.251 e. The van der Waals surface area contributed by atoms with Crippen molar-refractivity contribution >= 4 is 5.91 Å². The Morgan fingerprint density at radius 1 is 0.906 bits per heavy atom. The van der Waals surface area contributed by atoms with E-state index in [0.717, 1.165) is 16.9 Å². The Bertz CT molecular complexity index is 922. The van der Waals surface area contributed by atoms with Crippen LogP contribution in [0.2, 0.25) is 0 Å². The minimum atomic E-state index is -0.805. The van der Waals surface area contributed by atoms with E-state index in [1.807, 2.05) is 91.0 Å². The second-order valence-electron chi connectivity index (χ2n) is 7.56. The number of hydrogen-bond donors (Lipinski definition) is 2. The van der Waals surface area contributed by atoms with Gasteiger partial charge in [0.2, 0.25) is 0 Å². The summed E-state index contributed by atoms with van der Waals surface area (Å²) in [5.74, 6) is 0.193. The molecule has 0 aliphatic carbocycles. The number of carbonyl (C=O) groups is 1. The average molecular weight is 435 g/mol. The van der Waals surface area contributed by atoms with E-state index < -0.39 is 18.1 Å². The van der Waals surface area contributed by atoms with Crippen LogP contribution < -0.4 is 10.5 Å². The van der Waals surface area contributed by atoms with Crippen LogP contribution in [-0.4, -0.2) is 48.3 Å². The van der Waals surface area contributed by atoms with Gasteiger partial charge in [0.15, 0.2) is 6.10 Å². The zero-order valence-electron chi connectivity index (χ0n) is 18.0. The lowest BCUT2D eigenvalue weighted by molar-refractivity contribution is -0.130. The highest BCUT2D eigenvalue weighted by Crippen LogP contribution is 2.17. The first-order chi connectivity index (χ1) is 15.6. The van der Waals surface area contributed by atoms with Crippen LogP contribution in [0.1, 0.15) is 17.2 Å². The molecular formula is C26H30N2O4. The predicted molar refractivity (Wildman–Crippen MR) is 124 cm³/mol. The molecule has 3 rings (SSSR count). The fourth-order valence-electron chi connectivity index (χ4n) is 3.41. The summed E-state index contributed by atoms with van der Waals surface area (Å²) in [7, 11) is 0. The van der Waals surface area contributed by atoms with Gasteiger partial charge in [-0.15, -0.1) is 0 Å². The first-order valence-electron chi connectivity index (χ1n) is 10.7. The molecule has 0 aliphatic heterocycles. The fourth-order valence-corrected chi connectivity index (χ4v) is 3.41. The lowest BCUT2D eigenvalue weighted by Crippen LogP contribution is -2.38. The maximum atomic E-state index is 11.9. The molecule has 3 aromatic carbocycles. The summed E-state index contributed by atoms with van der Waals surface area (Å²) >= 11 is 0. The molecular weight excluding hydrogens is 404 g/mol. The molecule has 0 aliphatic rings. The third kappa shape index (κ3) is 7.81. The van der Waals surface area contributed by atoms with Crippen LogP contribution in [-0.2, 0) is 16.1 Å². The third-order valence-corrected chi connectivity index (χ3v) is 4.96. The molecule has 168 valence electrons. The number of aliphatic hydroxyl groups excluding tert-OH is 1. The van der Waals surface area contributed by atoms with Crippen LogP contribution in [0.5, 0.6) is 5.75 Å². The van der Waals surface area contributed by atoms with Crippen molar-refractivity contribution in [2.24, 2.45) is 5.73 Å². The highest BCUT2D eigenvalue weighted by atomic mass is 16.5. The third-order valence-electron chi connectivity index (χ3n) is 4.96. The van der Waals surface area contributed by atoms with Crippen molar-refractivity contribution in [3.05, 3.63) is 102 Å². The highest BCUT2D eigenvalue weighted by molar-refractivity contribution is 5.80. The summed E-state index contributed by atoms with van der Waals surface area (Å²) in [5, 5.41) is 10.6. The monoisotopic (exact) mass is 434 g/mol. The van der Waals surface area contributed by atoms with Crippen molar-refractivity contribution in [2.45, 2.75) is 18.8 Å². The lowest BCUT2D eigenvalue weighted by Gasteiger charge is -2.26. The number of aliphatic hydroxyl groups is 1. The van der Waals surface area contributed by atoms with E-state index in [-0.39, 0.29) is 6.61 Å². The molecule has 0 saturated carbocycles. The molecule has 0 fully saturated rings. The summed E-state index contributed by atoms with van der Waals surface area (Å²) in [6, 6.07) is 28.6. The summed E-state index contributed by atoms with van der Waals surface area (Å²) in [4.78, 5) is 14.0. The molecule has 6 heteroatoms. The van der Waals surface area contributed by atoms with E-state index >= 15 is 0 Å². The predicted octanol–water partition coefficient (Wildman–Crippen LogP) is 3.17. The molecule has 1 amide bonds. The highest BCUT2D eigenvalue weighted by Gasteiger charge is 2.19.